The first kappa shape index (κ1) is 23.3. The summed E-state index contributed by atoms with van der Waals surface area (Å²) in [6, 6.07) is 17.1. The van der Waals surface area contributed by atoms with Crippen LogP contribution >= 0.6 is 0 Å². The van der Waals surface area contributed by atoms with Crippen molar-refractivity contribution >= 4 is 17.2 Å². The fraction of sp³-hybridized carbons (Fsp3) is 0.519. The first-order chi connectivity index (χ1) is 14.9. The molecule has 2 aromatic carbocycles. The highest BCUT2D eigenvalue weighted by atomic mass is 16.5. The molecule has 0 aromatic heterocycles. The number of nitrogens with zero attached hydrogens (tertiary/aromatic N) is 2. The summed E-state index contributed by atoms with van der Waals surface area (Å²) < 4.78 is 5.94. The summed E-state index contributed by atoms with van der Waals surface area (Å²) in [6.07, 6.45) is 5.93. The lowest BCUT2D eigenvalue weighted by Gasteiger charge is -2.31. The normalized spacial score (nSPS) is 20.6. The molecule has 1 aliphatic carbocycles. The molecule has 0 N–H and O–H groups in total. The minimum atomic E-state index is -0.180. The molecule has 0 radical (unpaired) electrons. The van der Waals surface area contributed by atoms with Gasteiger partial charge in [-0.3, -0.25) is 4.79 Å². The van der Waals surface area contributed by atoms with E-state index in [0.29, 0.717) is 5.78 Å². The quantitative estimate of drug-likeness (QED) is 0.589. The molecule has 1 fully saturated rings. The van der Waals surface area contributed by atoms with Crippen LogP contribution in [0.15, 0.2) is 48.5 Å². The number of Topliss-reactive ketones (excluding diaryl/α,β-unsaturated/α-hetero) is 1. The lowest BCUT2D eigenvalue weighted by molar-refractivity contribution is -0.132. The third-order valence-electron chi connectivity index (χ3n) is 6.63. The average molecular weight is 423 g/mol. The van der Waals surface area contributed by atoms with Gasteiger partial charge in [-0.05, 0) is 54.7 Å². The SMILES string of the molecule is COC(c1ccc(N(C)C)cc1)C1CCCCCC(Cc2ccc(N(C)C)cc2)C1=O. The Morgan fingerprint density at radius 2 is 1.39 bits per heavy atom. The molecule has 31 heavy (non-hydrogen) atoms. The molecular formula is C27H38N2O2. The van der Waals surface area contributed by atoms with Gasteiger partial charge < -0.3 is 14.5 Å². The van der Waals surface area contributed by atoms with Gasteiger partial charge in [0.15, 0.2) is 0 Å². The molecule has 4 heteroatoms. The molecule has 2 aromatic rings. The van der Waals surface area contributed by atoms with Crippen molar-refractivity contribution in [2.24, 2.45) is 11.8 Å². The first-order valence-electron chi connectivity index (χ1n) is 11.5. The van der Waals surface area contributed by atoms with Gasteiger partial charge in [0.05, 0.1) is 6.10 Å². The molecule has 168 valence electrons. The van der Waals surface area contributed by atoms with E-state index >= 15 is 0 Å². The van der Waals surface area contributed by atoms with Crippen LogP contribution in [0, 0.1) is 11.8 Å². The van der Waals surface area contributed by atoms with Crippen LogP contribution < -0.4 is 9.80 Å². The van der Waals surface area contributed by atoms with Crippen LogP contribution in [-0.4, -0.2) is 41.1 Å². The Hall–Kier alpha value is -2.33. The Bertz CT molecular complexity index is 827. The van der Waals surface area contributed by atoms with Crippen molar-refractivity contribution in [3.63, 3.8) is 0 Å². The van der Waals surface area contributed by atoms with Crippen LogP contribution in [0.1, 0.15) is 49.3 Å². The van der Waals surface area contributed by atoms with E-state index < -0.39 is 0 Å². The predicted molar refractivity (Wildman–Crippen MR) is 130 cm³/mol. The zero-order valence-electron chi connectivity index (χ0n) is 19.8. The van der Waals surface area contributed by atoms with Gasteiger partial charge >= 0.3 is 0 Å². The van der Waals surface area contributed by atoms with Gasteiger partial charge in [0.25, 0.3) is 0 Å². The smallest absolute Gasteiger partial charge is 0.142 e. The minimum absolute atomic E-state index is 0.0641. The van der Waals surface area contributed by atoms with Gasteiger partial charge in [-0.25, -0.2) is 0 Å². The number of carbonyl (C=O) groups excluding carboxylic acids is 1. The second-order valence-corrected chi connectivity index (χ2v) is 9.25. The van der Waals surface area contributed by atoms with Crippen molar-refractivity contribution in [1.82, 2.24) is 0 Å². The highest BCUT2D eigenvalue weighted by molar-refractivity contribution is 5.84. The van der Waals surface area contributed by atoms with E-state index in [4.69, 9.17) is 4.74 Å². The fourth-order valence-electron chi connectivity index (χ4n) is 4.73. The average Bonchev–Trinajstić information content (AvgIpc) is 2.76. The Morgan fingerprint density at radius 3 is 1.94 bits per heavy atom. The first-order valence-corrected chi connectivity index (χ1v) is 11.5. The van der Waals surface area contributed by atoms with Gasteiger partial charge in [-0.2, -0.15) is 0 Å². The monoisotopic (exact) mass is 422 g/mol. The van der Waals surface area contributed by atoms with Crippen molar-refractivity contribution in [1.29, 1.82) is 0 Å². The van der Waals surface area contributed by atoms with E-state index in [0.717, 1.165) is 43.4 Å². The second-order valence-electron chi connectivity index (χ2n) is 9.25. The van der Waals surface area contributed by atoms with Gasteiger partial charge in [0, 0.05) is 58.5 Å². The number of ketones is 1. The summed E-state index contributed by atoms with van der Waals surface area (Å²) in [5.74, 6) is 0.357. The molecule has 0 bridgehead atoms. The number of rotatable bonds is 7. The molecule has 4 nitrogen and oxygen atoms in total. The molecule has 3 atom stereocenters. The summed E-state index contributed by atoms with van der Waals surface area (Å²) in [6.45, 7) is 0. The Kier molecular flexibility index (Phi) is 8.14. The van der Waals surface area contributed by atoms with Crippen LogP contribution in [0.2, 0.25) is 0 Å². The standard InChI is InChI=1S/C27H38N2O2/c1-28(2)23-15-11-20(12-16-23)19-22-9-7-6-8-10-25(26(22)30)27(31-5)21-13-17-24(18-14-21)29(3)4/h11-18,22,25,27H,6-10,19H2,1-5H3. The third-order valence-corrected chi connectivity index (χ3v) is 6.63. The number of anilines is 2. The molecule has 1 saturated carbocycles. The lowest BCUT2D eigenvalue weighted by atomic mass is 9.76. The van der Waals surface area contributed by atoms with E-state index in [1.54, 1.807) is 7.11 Å². The molecule has 3 rings (SSSR count). The summed E-state index contributed by atoms with van der Waals surface area (Å²) in [5, 5.41) is 0. The van der Waals surface area contributed by atoms with Gasteiger partial charge in [-0.1, -0.05) is 43.5 Å². The van der Waals surface area contributed by atoms with E-state index in [1.165, 1.54) is 17.7 Å². The van der Waals surface area contributed by atoms with Gasteiger partial charge in [0.1, 0.15) is 5.78 Å². The van der Waals surface area contributed by atoms with Crippen molar-refractivity contribution in [3.8, 4) is 0 Å². The lowest BCUT2D eigenvalue weighted by Crippen LogP contribution is -2.32. The maximum absolute atomic E-state index is 13.7. The van der Waals surface area contributed by atoms with E-state index in [1.807, 2.05) is 28.2 Å². The number of methoxy groups -OCH3 is 1. The summed E-state index contributed by atoms with van der Waals surface area (Å²) >= 11 is 0. The van der Waals surface area contributed by atoms with Crippen LogP contribution in [0.4, 0.5) is 11.4 Å². The molecule has 0 heterocycles. The molecule has 3 unspecified atom stereocenters. The van der Waals surface area contributed by atoms with Crippen LogP contribution in [0.25, 0.3) is 0 Å². The third kappa shape index (κ3) is 5.88. The van der Waals surface area contributed by atoms with Gasteiger partial charge in [-0.15, -0.1) is 0 Å². The molecule has 0 aliphatic heterocycles. The fourth-order valence-corrected chi connectivity index (χ4v) is 4.73. The van der Waals surface area contributed by atoms with E-state index in [2.05, 4.69) is 58.3 Å². The summed E-state index contributed by atoms with van der Waals surface area (Å²) in [7, 11) is 9.92. The highest BCUT2D eigenvalue weighted by Crippen LogP contribution is 2.36. The van der Waals surface area contributed by atoms with Crippen LogP contribution in [0.3, 0.4) is 0 Å². The Balaban J connectivity index is 1.80. The molecule has 0 spiro atoms. The maximum Gasteiger partial charge on any atom is 0.142 e. The molecular weight excluding hydrogens is 384 g/mol. The Labute approximate surface area is 188 Å². The number of hydrogen-bond donors (Lipinski definition) is 0. The largest absolute Gasteiger partial charge is 0.378 e. The predicted octanol–water partition coefficient (Wildman–Crippen LogP) is 5.51. The van der Waals surface area contributed by atoms with Crippen LogP contribution in [0.5, 0.6) is 0 Å². The molecule has 0 amide bonds. The molecule has 1 aliphatic rings. The van der Waals surface area contributed by atoms with E-state index in [9.17, 15) is 4.79 Å². The summed E-state index contributed by atoms with van der Waals surface area (Å²) in [4.78, 5) is 17.9. The summed E-state index contributed by atoms with van der Waals surface area (Å²) in [5.41, 5.74) is 4.68. The van der Waals surface area contributed by atoms with Gasteiger partial charge in [0.2, 0.25) is 0 Å². The maximum atomic E-state index is 13.7. The second kappa shape index (κ2) is 10.8. The van der Waals surface area contributed by atoms with Crippen LogP contribution in [-0.2, 0) is 16.0 Å². The zero-order chi connectivity index (χ0) is 22.4. The Morgan fingerprint density at radius 1 is 0.839 bits per heavy atom. The van der Waals surface area contributed by atoms with Crippen molar-refractivity contribution in [2.75, 3.05) is 45.1 Å². The van der Waals surface area contributed by atoms with Crippen molar-refractivity contribution < 1.29 is 9.53 Å². The zero-order valence-corrected chi connectivity index (χ0v) is 19.8. The molecule has 0 saturated heterocycles. The number of ether oxygens (including phenoxy) is 1. The van der Waals surface area contributed by atoms with Crippen molar-refractivity contribution in [3.05, 3.63) is 59.7 Å². The highest BCUT2D eigenvalue weighted by Gasteiger charge is 2.34. The number of carbonyl (C=O) groups is 1. The van der Waals surface area contributed by atoms with E-state index in [-0.39, 0.29) is 17.9 Å². The number of hydrogen-bond acceptors (Lipinski definition) is 4. The number of benzene rings is 2. The minimum Gasteiger partial charge on any atom is -0.378 e. The van der Waals surface area contributed by atoms with Crippen molar-refractivity contribution in [2.45, 2.75) is 44.6 Å². The topological polar surface area (TPSA) is 32.8 Å².